The Bertz CT molecular complexity index is 1050. The first kappa shape index (κ1) is 20.7. The number of rotatable bonds is 5. The quantitative estimate of drug-likeness (QED) is 0.416. The van der Waals surface area contributed by atoms with E-state index in [4.69, 9.17) is 15.2 Å². The molecular formula is C23H29N3O3. The number of H-pyrrole nitrogens is 1. The number of esters is 1. The van der Waals surface area contributed by atoms with Crippen LogP contribution < -0.4 is 5.73 Å². The molecule has 3 N–H and O–H groups in total. The second-order valence-corrected chi connectivity index (χ2v) is 7.38. The average molecular weight is 396 g/mol. The predicted molar refractivity (Wildman–Crippen MR) is 117 cm³/mol. The smallest absolute Gasteiger partial charge is 0.342 e. The summed E-state index contributed by atoms with van der Waals surface area (Å²) in [5.74, 6) is 1.28. The Hall–Kier alpha value is -3.02. The van der Waals surface area contributed by atoms with Crippen LogP contribution in [0.15, 0.2) is 34.5 Å². The van der Waals surface area contributed by atoms with Gasteiger partial charge in [0.05, 0.1) is 12.4 Å². The fraction of sp³-hybridized carbons (Fsp3) is 0.391. The number of aryl methyl sites for hydroxylation is 1. The number of hydrogen-bond donors (Lipinski definition) is 2. The van der Waals surface area contributed by atoms with Crippen molar-refractivity contribution in [3.05, 3.63) is 46.2 Å². The monoisotopic (exact) mass is 395 g/mol. The molecule has 2 aromatic rings. The minimum absolute atomic E-state index is 0.108. The lowest BCUT2D eigenvalue weighted by molar-refractivity contribution is 0.0530. The molecule has 1 aromatic carbocycles. The van der Waals surface area contributed by atoms with Gasteiger partial charge >= 0.3 is 5.97 Å². The maximum atomic E-state index is 12.6. The van der Waals surface area contributed by atoms with Crippen molar-refractivity contribution >= 4 is 34.1 Å². The van der Waals surface area contributed by atoms with Crippen molar-refractivity contribution in [1.29, 1.82) is 0 Å². The van der Waals surface area contributed by atoms with Gasteiger partial charge in [0.15, 0.2) is 0 Å². The van der Waals surface area contributed by atoms with E-state index in [1.807, 2.05) is 26.0 Å². The van der Waals surface area contributed by atoms with Gasteiger partial charge in [-0.2, -0.15) is 0 Å². The summed E-state index contributed by atoms with van der Waals surface area (Å²) in [6, 6.07) is 4.04. The molecular weight excluding hydrogens is 366 g/mol. The van der Waals surface area contributed by atoms with Crippen molar-refractivity contribution in [3.8, 4) is 0 Å². The summed E-state index contributed by atoms with van der Waals surface area (Å²) >= 11 is 0. The van der Waals surface area contributed by atoms with Crippen LogP contribution in [0.3, 0.4) is 0 Å². The van der Waals surface area contributed by atoms with Crippen LogP contribution in [-0.4, -0.2) is 29.5 Å². The summed E-state index contributed by atoms with van der Waals surface area (Å²) in [6.45, 7) is 12.0. The first-order valence-electron chi connectivity index (χ1n) is 9.97. The minimum atomic E-state index is -0.413. The highest BCUT2D eigenvalue weighted by atomic mass is 16.5. The number of carbonyl (C=O) groups excluding carboxylic acids is 1. The topological polar surface area (TPSA) is 89.7 Å². The van der Waals surface area contributed by atoms with Crippen LogP contribution >= 0.6 is 0 Å². The van der Waals surface area contributed by atoms with Crippen LogP contribution in [0.4, 0.5) is 5.82 Å². The number of nitrogens with zero attached hydrogens (tertiary/aromatic N) is 1. The van der Waals surface area contributed by atoms with Crippen LogP contribution in [0.1, 0.15) is 62.5 Å². The molecule has 6 heteroatoms. The SMILES string of the molecule is CCOC(=O)c1c(N=C(C)N)[nH]c2cc(C3=C(C)OC(CC)C=C3C)c(C)cc12. The van der Waals surface area contributed by atoms with E-state index in [0.29, 0.717) is 23.8 Å². The van der Waals surface area contributed by atoms with Gasteiger partial charge in [-0.3, -0.25) is 0 Å². The highest BCUT2D eigenvalue weighted by Gasteiger charge is 2.24. The third kappa shape index (κ3) is 3.92. The van der Waals surface area contributed by atoms with Crippen molar-refractivity contribution in [2.24, 2.45) is 10.7 Å². The number of nitrogens with one attached hydrogen (secondary N) is 1. The highest BCUT2D eigenvalue weighted by Crippen LogP contribution is 2.38. The minimum Gasteiger partial charge on any atom is -0.490 e. The maximum absolute atomic E-state index is 12.6. The Morgan fingerprint density at radius 3 is 2.59 bits per heavy atom. The lowest BCUT2D eigenvalue weighted by Gasteiger charge is -2.26. The predicted octanol–water partition coefficient (Wildman–Crippen LogP) is 5.15. The summed E-state index contributed by atoms with van der Waals surface area (Å²) < 4.78 is 11.3. The Morgan fingerprint density at radius 1 is 1.28 bits per heavy atom. The lowest BCUT2D eigenvalue weighted by Crippen LogP contribution is -2.14. The summed E-state index contributed by atoms with van der Waals surface area (Å²) in [6.07, 6.45) is 3.20. The first-order chi connectivity index (χ1) is 13.8. The zero-order valence-corrected chi connectivity index (χ0v) is 18.0. The molecule has 1 aliphatic rings. The van der Waals surface area contributed by atoms with E-state index in [9.17, 15) is 4.79 Å². The lowest BCUT2D eigenvalue weighted by atomic mass is 9.90. The molecule has 29 heavy (non-hydrogen) atoms. The van der Waals surface area contributed by atoms with E-state index in [-0.39, 0.29) is 6.10 Å². The molecule has 154 valence electrons. The fourth-order valence-corrected chi connectivity index (χ4v) is 3.84. The standard InChI is InChI=1S/C23H29N3O3/c1-7-16-9-13(4)20(14(5)29-16)17-11-19-18(10-12(17)3)21(23(27)28-8-2)22(26-19)25-15(6)24/h9-11,16,26H,7-8H2,1-6H3,(H2,24,25). The molecule has 0 amide bonds. The maximum Gasteiger partial charge on any atom is 0.342 e. The zero-order valence-electron chi connectivity index (χ0n) is 18.0. The largest absolute Gasteiger partial charge is 0.490 e. The normalized spacial score (nSPS) is 17.4. The number of nitrogens with two attached hydrogens (primary N) is 1. The number of amidine groups is 1. The Morgan fingerprint density at radius 2 is 2.00 bits per heavy atom. The van der Waals surface area contributed by atoms with E-state index in [1.54, 1.807) is 13.8 Å². The fourth-order valence-electron chi connectivity index (χ4n) is 3.84. The van der Waals surface area contributed by atoms with Gasteiger partial charge in [-0.25, -0.2) is 9.79 Å². The zero-order chi connectivity index (χ0) is 21.3. The third-order valence-electron chi connectivity index (χ3n) is 5.07. The molecule has 0 saturated heterocycles. The van der Waals surface area contributed by atoms with Gasteiger partial charge < -0.3 is 20.2 Å². The van der Waals surface area contributed by atoms with Crippen LogP contribution in [0.5, 0.6) is 0 Å². The van der Waals surface area contributed by atoms with Crippen LogP contribution in [-0.2, 0) is 9.47 Å². The molecule has 0 fully saturated rings. The Kier molecular flexibility index (Phi) is 5.82. The number of allylic oxidation sites excluding steroid dienone is 3. The van der Waals surface area contributed by atoms with E-state index in [1.165, 1.54) is 5.57 Å². The van der Waals surface area contributed by atoms with Crippen molar-refractivity contribution in [2.75, 3.05) is 6.61 Å². The second-order valence-electron chi connectivity index (χ2n) is 7.38. The molecule has 0 bridgehead atoms. The Labute approximate surface area is 171 Å². The van der Waals surface area contributed by atoms with E-state index < -0.39 is 5.97 Å². The Balaban J connectivity index is 2.22. The van der Waals surface area contributed by atoms with Gasteiger partial charge in [0.2, 0.25) is 0 Å². The third-order valence-corrected chi connectivity index (χ3v) is 5.07. The molecule has 3 rings (SSSR count). The number of carbonyl (C=O) groups is 1. The summed E-state index contributed by atoms with van der Waals surface area (Å²) in [5, 5.41) is 0.771. The van der Waals surface area contributed by atoms with E-state index in [0.717, 1.165) is 39.8 Å². The van der Waals surface area contributed by atoms with Gasteiger partial charge in [-0.05, 0) is 75.9 Å². The van der Waals surface area contributed by atoms with Gasteiger partial charge in [-0.1, -0.05) is 6.92 Å². The summed E-state index contributed by atoms with van der Waals surface area (Å²) in [4.78, 5) is 20.2. The molecule has 0 spiro atoms. The molecule has 0 saturated carbocycles. The van der Waals surface area contributed by atoms with Gasteiger partial charge in [-0.15, -0.1) is 0 Å². The highest BCUT2D eigenvalue weighted by molar-refractivity contribution is 6.10. The number of benzene rings is 1. The van der Waals surface area contributed by atoms with Crippen molar-refractivity contribution < 1.29 is 14.3 Å². The van der Waals surface area contributed by atoms with E-state index in [2.05, 4.69) is 29.9 Å². The summed E-state index contributed by atoms with van der Waals surface area (Å²) in [5.41, 5.74) is 11.4. The average Bonchev–Trinajstić information content (AvgIpc) is 2.97. The molecule has 2 heterocycles. The molecule has 0 aliphatic carbocycles. The first-order valence-corrected chi connectivity index (χ1v) is 9.97. The van der Waals surface area contributed by atoms with Crippen LogP contribution in [0.2, 0.25) is 0 Å². The van der Waals surface area contributed by atoms with Crippen LogP contribution in [0, 0.1) is 6.92 Å². The van der Waals surface area contributed by atoms with Gasteiger partial charge in [0.25, 0.3) is 0 Å². The number of aromatic amines is 1. The molecule has 0 radical (unpaired) electrons. The number of fused-ring (bicyclic) bond motifs is 1. The van der Waals surface area contributed by atoms with Crippen molar-refractivity contribution in [2.45, 2.75) is 54.1 Å². The number of hydrogen-bond acceptors (Lipinski definition) is 4. The second kappa shape index (κ2) is 8.15. The van der Waals surface area contributed by atoms with Gasteiger partial charge in [0, 0.05) is 16.5 Å². The molecule has 1 atom stereocenters. The number of aromatic nitrogens is 1. The van der Waals surface area contributed by atoms with Crippen molar-refractivity contribution in [1.82, 2.24) is 4.98 Å². The van der Waals surface area contributed by atoms with Crippen molar-refractivity contribution in [3.63, 3.8) is 0 Å². The number of ether oxygens (including phenoxy) is 2. The number of aliphatic imine (C=N–C) groups is 1. The molecule has 1 unspecified atom stereocenters. The molecule has 1 aliphatic heterocycles. The van der Waals surface area contributed by atoms with Gasteiger partial charge in [0.1, 0.15) is 23.2 Å². The molecule has 6 nitrogen and oxygen atoms in total. The van der Waals surface area contributed by atoms with Crippen LogP contribution in [0.25, 0.3) is 16.5 Å². The summed E-state index contributed by atoms with van der Waals surface area (Å²) in [7, 11) is 0. The van der Waals surface area contributed by atoms with E-state index >= 15 is 0 Å². The molecule has 1 aromatic heterocycles.